The molecule has 0 aliphatic rings. The van der Waals surface area contributed by atoms with Gasteiger partial charge in [0.25, 0.3) is 0 Å². The minimum Gasteiger partial charge on any atom is -0.369 e. The lowest BCUT2D eigenvalue weighted by Crippen LogP contribution is -2.10. The summed E-state index contributed by atoms with van der Waals surface area (Å²) in [7, 11) is 0. The van der Waals surface area contributed by atoms with E-state index >= 15 is 0 Å². The van der Waals surface area contributed by atoms with Crippen molar-refractivity contribution < 1.29 is 13.2 Å². The van der Waals surface area contributed by atoms with E-state index < -0.39 is 12.6 Å². The number of hydrogen-bond donors (Lipinski definition) is 1. The zero-order chi connectivity index (χ0) is 13.3. The summed E-state index contributed by atoms with van der Waals surface area (Å²) >= 11 is 5.94. The van der Waals surface area contributed by atoms with Gasteiger partial charge in [-0.25, -0.2) is 4.98 Å². The summed E-state index contributed by atoms with van der Waals surface area (Å²) in [6, 6.07) is 0. The highest BCUT2D eigenvalue weighted by Crippen LogP contribution is 2.26. The molecule has 0 amide bonds. The van der Waals surface area contributed by atoms with Gasteiger partial charge in [-0.05, 0) is 6.42 Å². The standard InChI is InChI=1S/C10H10ClF3N4/c11-6-4-16-5-7-8(6)18(9(15)17-7)3-1-2-10(12,13)14/h4-5H,1-3H2,(H2,15,17). The highest BCUT2D eigenvalue weighted by molar-refractivity contribution is 6.34. The van der Waals surface area contributed by atoms with E-state index in [1.165, 1.54) is 17.0 Å². The molecule has 0 aromatic carbocycles. The van der Waals surface area contributed by atoms with Crippen molar-refractivity contribution in [1.29, 1.82) is 0 Å². The summed E-state index contributed by atoms with van der Waals surface area (Å²) in [5.41, 5.74) is 6.65. The molecule has 0 spiro atoms. The maximum Gasteiger partial charge on any atom is 0.389 e. The average Bonchev–Trinajstić information content (AvgIpc) is 2.55. The summed E-state index contributed by atoms with van der Waals surface area (Å²) in [6.07, 6.45) is -2.23. The van der Waals surface area contributed by atoms with Gasteiger partial charge in [0.2, 0.25) is 5.95 Å². The van der Waals surface area contributed by atoms with Crippen LogP contribution in [0.5, 0.6) is 0 Å². The predicted octanol–water partition coefficient (Wildman–Crippen LogP) is 3.01. The second-order valence-corrected chi connectivity index (χ2v) is 4.24. The van der Waals surface area contributed by atoms with Crippen LogP contribution in [0.3, 0.4) is 0 Å². The van der Waals surface area contributed by atoms with Crippen LogP contribution in [0.15, 0.2) is 12.4 Å². The Morgan fingerprint density at radius 3 is 2.72 bits per heavy atom. The van der Waals surface area contributed by atoms with Gasteiger partial charge in [-0.3, -0.25) is 4.98 Å². The molecule has 8 heteroatoms. The summed E-state index contributed by atoms with van der Waals surface area (Å²) in [5, 5.41) is 0.323. The molecule has 2 rings (SSSR count). The lowest BCUT2D eigenvalue weighted by molar-refractivity contribution is -0.135. The van der Waals surface area contributed by atoms with Crippen molar-refractivity contribution in [3.8, 4) is 0 Å². The maximum absolute atomic E-state index is 12.1. The molecule has 0 saturated heterocycles. The molecule has 98 valence electrons. The monoisotopic (exact) mass is 278 g/mol. The van der Waals surface area contributed by atoms with E-state index in [0.29, 0.717) is 16.1 Å². The molecule has 0 radical (unpaired) electrons. The molecule has 2 heterocycles. The van der Waals surface area contributed by atoms with Gasteiger partial charge in [-0.15, -0.1) is 0 Å². The molecular formula is C10H10ClF3N4. The first-order valence-corrected chi connectivity index (χ1v) is 5.58. The number of aryl methyl sites for hydroxylation is 1. The molecular weight excluding hydrogens is 269 g/mol. The van der Waals surface area contributed by atoms with Gasteiger partial charge >= 0.3 is 6.18 Å². The topological polar surface area (TPSA) is 56.7 Å². The largest absolute Gasteiger partial charge is 0.389 e. The molecule has 2 aromatic rings. The van der Waals surface area contributed by atoms with Gasteiger partial charge < -0.3 is 10.3 Å². The van der Waals surface area contributed by atoms with Gasteiger partial charge in [-0.1, -0.05) is 11.6 Å². The Hall–Kier alpha value is -1.50. The maximum atomic E-state index is 12.1. The van der Waals surface area contributed by atoms with E-state index in [-0.39, 0.29) is 18.9 Å². The minimum atomic E-state index is -4.17. The Labute approximate surface area is 106 Å². The van der Waals surface area contributed by atoms with E-state index in [1.807, 2.05) is 0 Å². The van der Waals surface area contributed by atoms with Crippen molar-refractivity contribution in [1.82, 2.24) is 14.5 Å². The summed E-state index contributed by atoms with van der Waals surface area (Å²) in [5.74, 6) is 0.141. The smallest absolute Gasteiger partial charge is 0.369 e. The van der Waals surface area contributed by atoms with E-state index in [4.69, 9.17) is 17.3 Å². The number of fused-ring (bicyclic) bond motifs is 1. The van der Waals surface area contributed by atoms with E-state index in [0.717, 1.165) is 0 Å². The molecule has 2 N–H and O–H groups in total. The van der Waals surface area contributed by atoms with Crippen LogP contribution in [-0.4, -0.2) is 20.7 Å². The summed E-state index contributed by atoms with van der Waals surface area (Å²) in [6.45, 7) is 0.117. The van der Waals surface area contributed by atoms with Crippen molar-refractivity contribution >= 4 is 28.6 Å². The number of alkyl halides is 3. The number of nitrogen functional groups attached to an aromatic ring is 1. The Morgan fingerprint density at radius 2 is 2.06 bits per heavy atom. The van der Waals surface area contributed by atoms with Crippen LogP contribution < -0.4 is 5.73 Å². The zero-order valence-corrected chi connectivity index (χ0v) is 9.96. The molecule has 0 bridgehead atoms. The van der Waals surface area contributed by atoms with Crippen LogP contribution in [-0.2, 0) is 6.54 Å². The number of halogens is 4. The molecule has 2 aromatic heterocycles. The molecule has 0 aliphatic heterocycles. The lowest BCUT2D eigenvalue weighted by Gasteiger charge is -2.09. The number of hydrogen-bond acceptors (Lipinski definition) is 3. The van der Waals surface area contributed by atoms with Crippen LogP contribution in [0.2, 0.25) is 5.02 Å². The molecule has 0 unspecified atom stereocenters. The van der Waals surface area contributed by atoms with Crippen molar-refractivity contribution in [3.63, 3.8) is 0 Å². The number of pyridine rings is 1. The second-order valence-electron chi connectivity index (χ2n) is 3.83. The molecule has 18 heavy (non-hydrogen) atoms. The van der Waals surface area contributed by atoms with E-state index in [1.54, 1.807) is 0 Å². The molecule has 0 saturated carbocycles. The summed E-state index contributed by atoms with van der Waals surface area (Å²) in [4.78, 5) is 7.84. The van der Waals surface area contributed by atoms with Crippen molar-refractivity contribution in [2.75, 3.05) is 5.73 Å². The van der Waals surface area contributed by atoms with Crippen LogP contribution in [0, 0.1) is 0 Å². The highest BCUT2D eigenvalue weighted by Gasteiger charge is 2.26. The Kier molecular flexibility index (Phi) is 3.34. The number of imidazole rings is 1. The van der Waals surface area contributed by atoms with E-state index in [2.05, 4.69) is 9.97 Å². The number of rotatable bonds is 3. The third kappa shape index (κ3) is 2.66. The first-order valence-electron chi connectivity index (χ1n) is 5.20. The molecule has 0 atom stereocenters. The van der Waals surface area contributed by atoms with Gasteiger partial charge in [0, 0.05) is 19.2 Å². The van der Waals surface area contributed by atoms with Gasteiger partial charge in [0.05, 0.1) is 16.7 Å². The molecule has 4 nitrogen and oxygen atoms in total. The Bertz CT molecular complexity index is 564. The van der Waals surface area contributed by atoms with Crippen LogP contribution in [0.1, 0.15) is 12.8 Å². The lowest BCUT2D eigenvalue weighted by atomic mass is 10.3. The first-order chi connectivity index (χ1) is 8.38. The zero-order valence-electron chi connectivity index (χ0n) is 9.21. The number of nitrogens with zero attached hydrogens (tertiary/aromatic N) is 3. The second kappa shape index (κ2) is 4.64. The Morgan fingerprint density at radius 1 is 1.33 bits per heavy atom. The quantitative estimate of drug-likeness (QED) is 0.939. The SMILES string of the molecule is Nc1nc2cncc(Cl)c2n1CCCC(F)(F)F. The molecule has 0 aliphatic carbocycles. The van der Waals surface area contributed by atoms with Crippen LogP contribution in [0.4, 0.5) is 19.1 Å². The minimum absolute atomic E-state index is 0.0716. The fourth-order valence-electron chi connectivity index (χ4n) is 1.73. The fourth-order valence-corrected chi connectivity index (χ4v) is 1.98. The first kappa shape index (κ1) is 12.9. The van der Waals surface area contributed by atoms with Crippen LogP contribution in [0.25, 0.3) is 11.0 Å². The predicted molar refractivity (Wildman–Crippen MR) is 62.2 cm³/mol. The number of nitrogens with two attached hydrogens (primary N) is 1. The molecule has 0 fully saturated rings. The highest BCUT2D eigenvalue weighted by atomic mass is 35.5. The fraction of sp³-hybridized carbons (Fsp3) is 0.400. The van der Waals surface area contributed by atoms with Gasteiger partial charge in [0.15, 0.2) is 0 Å². The number of aromatic nitrogens is 3. The average molecular weight is 279 g/mol. The van der Waals surface area contributed by atoms with Crippen molar-refractivity contribution in [2.45, 2.75) is 25.6 Å². The van der Waals surface area contributed by atoms with E-state index in [9.17, 15) is 13.2 Å². The third-order valence-corrected chi connectivity index (χ3v) is 2.75. The Balaban J connectivity index is 2.25. The normalized spacial score (nSPS) is 12.2. The van der Waals surface area contributed by atoms with Gasteiger partial charge in [0.1, 0.15) is 5.52 Å². The van der Waals surface area contributed by atoms with Crippen LogP contribution >= 0.6 is 11.6 Å². The van der Waals surface area contributed by atoms with Crippen molar-refractivity contribution in [3.05, 3.63) is 17.4 Å². The number of anilines is 1. The van der Waals surface area contributed by atoms with Gasteiger partial charge in [-0.2, -0.15) is 13.2 Å². The third-order valence-electron chi connectivity index (χ3n) is 2.48. The van der Waals surface area contributed by atoms with Crippen molar-refractivity contribution in [2.24, 2.45) is 0 Å². The summed E-state index contributed by atoms with van der Waals surface area (Å²) < 4.78 is 37.7.